The molecule has 0 aromatic heterocycles. The zero-order valence-corrected chi connectivity index (χ0v) is 12.6. The Morgan fingerprint density at radius 1 is 1.29 bits per heavy atom. The molecule has 17 heavy (non-hydrogen) atoms. The lowest BCUT2D eigenvalue weighted by atomic mass is 9.80. The summed E-state index contributed by atoms with van der Waals surface area (Å²) < 4.78 is 0. The molecule has 2 heteroatoms. The van der Waals surface area contributed by atoms with Crippen molar-refractivity contribution < 1.29 is 0 Å². The van der Waals surface area contributed by atoms with Gasteiger partial charge in [0.05, 0.1) is 0 Å². The first-order valence-electron chi connectivity index (χ1n) is 7.39. The smallest absolute Gasteiger partial charge is 0.0154 e. The molecule has 0 aromatic carbocycles. The molecule has 0 spiro atoms. The van der Waals surface area contributed by atoms with Crippen LogP contribution in [0.4, 0.5) is 0 Å². The van der Waals surface area contributed by atoms with Crippen LogP contribution in [0.25, 0.3) is 0 Å². The second-order valence-corrected chi connectivity index (χ2v) is 6.53. The first-order chi connectivity index (χ1) is 7.95. The monoisotopic (exact) mass is 240 g/mol. The molecular formula is C15H32N2. The van der Waals surface area contributed by atoms with Crippen molar-refractivity contribution in [3.63, 3.8) is 0 Å². The lowest BCUT2D eigenvalue weighted by Gasteiger charge is -2.40. The third-order valence-corrected chi connectivity index (χ3v) is 4.65. The fourth-order valence-corrected chi connectivity index (χ4v) is 2.72. The summed E-state index contributed by atoms with van der Waals surface area (Å²) in [6.07, 6.45) is 5.31. The van der Waals surface area contributed by atoms with Crippen LogP contribution in [0.3, 0.4) is 0 Å². The van der Waals surface area contributed by atoms with E-state index in [9.17, 15) is 0 Å². The molecule has 1 aliphatic rings. The average molecular weight is 240 g/mol. The van der Waals surface area contributed by atoms with Crippen molar-refractivity contribution in [1.82, 2.24) is 10.2 Å². The number of hydrogen-bond acceptors (Lipinski definition) is 2. The van der Waals surface area contributed by atoms with Crippen LogP contribution >= 0.6 is 0 Å². The third-order valence-electron chi connectivity index (χ3n) is 4.65. The second kappa shape index (κ2) is 6.75. The molecule has 1 N–H and O–H groups in total. The Kier molecular flexibility index (Phi) is 5.94. The normalized spacial score (nSPS) is 21.7. The Hall–Kier alpha value is -0.0800. The van der Waals surface area contributed by atoms with E-state index in [2.05, 4.69) is 45.0 Å². The van der Waals surface area contributed by atoms with E-state index in [0.717, 1.165) is 11.8 Å². The highest BCUT2D eigenvalue weighted by molar-refractivity contribution is 4.89. The Labute approximate surface area is 108 Å². The van der Waals surface area contributed by atoms with Crippen molar-refractivity contribution in [1.29, 1.82) is 0 Å². The van der Waals surface area contributed by atoms with Crippen LogP contribution in [0, 0.1) is 11.8 Å². The van der Waals surface area contributed by atoms with Crippen LogP contribution in [0.15, 0.2) is 0 Å². The van der Waals surface area contributed by atoms with Gasteiger partial charge in [0.1, 0.15) is 0 Å². The lowest BCUT2D eigenvalue weighted by Crippen LogP contribution is -2.50. The minimum Gasteiger partial charge on any atom is -0.312 e. The van der Waals surface area contributed by atoms with E-state index in [4.69, 9.17) is 0 Å². The highest BCUT2D eigenvalue weighted by Gasteiger charge is 2.31. The first-order valence-corrected chi connectivity index (χ1v) is 7.39. The number of nitrogens with zero attached hydrogens (tertiary/aromatic N) is 1. The van der Waals surface area contributed by atoms with Crippen LogP contribution in [-0.2, 0) is 0 Å². The SMILES string of the molecule is CCC(C)CCNC(C)(C)C1CCN(C)CC1. The van der Waals surface area contributed by atoms with Gasteiger partial charge < -0.3 is 10.2 Å². The molecule has 1 heterocycles. The Morgan fingerprint density at radius 2 is 1.88 bits per heavy atom. The summed E-state index contributed by atoms with van der Waals surface area (Å²) in [5.41, 5.74) is 0.314. The van der Waals surface area contributed by atoms with Crippen molar-refractivity contribution in [3.8, 4) is 0 Å². The van der Waals surface area contributed by atoms with Crippen LogP contribution in [0.5, 0.6) is 0 Å². The molecule has 1 rings (SSSR count). The summed E-state index contributed by atoms with van der Waals surface area (Å²) in [5.74, 6) is 1.70. The van der Waals surface area contributed by atoms with Crippen LogP contribution in [0.2, 0.25) is 0 Å². The molecule has 1 aliphatic heterocycles. The molecule has 102 valence electrons. The topological polar surface area (TPSA) is 15.3 Å². The van der Waals surface area contributed by atoms with E-state index in [-0.39, 0.29) is 0 Å². The standard InChI is InChI=1S/C15H32N2/c1-6-13(2)7-10-16-15(3,4)14-8-11-17(5)12-9-14/h13-14,16H,6-12H2,1-5H3. The molecule has 0 saturated carbocycles. The van der Waals surface area contributed by atoms with Gasteiger partial charge in [-0.15, -0.1) is 0 Å². The van der Waals surface area contributed by atoms with Gasteiger partial charge >= 0.3 is 0 Å². The van der Waals surface area contributed by atoms with Crippen LogP contribution in [-0.4, -0.2) is 37.1 Å². The fourth-order valence-electron chi connectivity index (χ4n) is 2.72. The van der Waals surface area contributed by atoms with Gasteiger partial charge in [-0.3, -0.25) is 0 Å². The van der Waals surface area contributed by atoms with Gasteiger partial charge in [-0.25, -0.2) is 0 Å². The van der Waals surface area contributed by atoms with Gasteiger partial charge in [-0.05, 0) is 71.6 Å². The summed E-state index contributed by atoms with van der Waals surface area (Å²) in [7, 11) is 2.24. The maximum Gasteiger partial charge on any atom is 0.0154 e. The lowest BCUT2D eigenvalue weighted by molar-refractivity contribution is 0.141. The summed E-state index contributed by atoms with van der Waals surface area (Å²) in [4.78, 5) is 2.45. The largest absolute Gasteiger partial charge is 0.312 e. The summed E-state index contributed by atoms with van der Waals surface area (Å²) in [6.45, 7) is 13.1. The van der Waals surface area contributed by atoms with E-state index >= 15 is 0 Å². The Balaban J connectivity index is 2.29. The van der Waals surface area contributed by atoms with Gasteiger partial charge in [-0.2, -0.15) is 0 Å². The Morgan fingerprint density at radius 3 is 2.41 bits per heavy atom. The van der Waals surface area contributed by atoms with Gasteiger partial charge in [-0.1, -0.05) is 20.3 Å². The molecule has 0 radical (unpaired) electrons. The van der Waals surface area contributed by atoms with Gasteiger partial charge in [0, 0.05) is 5.54 Å². The van der Waals surface area contributed by atoms with Crippen molar-refractivity contribution in [2.45, 2.75) is 58.9 Å². The number of piperidine rings is 1. The van der Waals surface area contributed by atoms with Gasteiger partial charge in [0.15, 0.2) is 0 Å². The molecule has 0 aliphatic carbocycles. The van der Waals surface area contributed by atoms with E-state index in [1.165, 1.54) is 45.3 Å². The molecule has 1 atom stereocenters. The molecular weight excluding hydrogens is 208 g/mol. The minimum absolute atomic E-state index is 0.314. The Bertz CT molecular complexity index is 205. The van der Waals surface area contributed by atoms with E-state index in [1.54, 1.807) is 0 Å². The molecule has 0 aromatic rings. The van der Waals surface area contributed by atoms with Crippen molar-refractivity contribution >= 4 is 0 Å². The van der Waals surface area contributed by atoms with E-state index in [1.807, 2.05) is 0 Å². The van der Waals surface area contributed by atoms with Gasteiger partial charge in [0.25, 0.3) is 0 Å². The number of hydrogen-bond donors (Lipinski definition) is 1. The first kappa shape index (κ1) is 15.0. The quantitative estimate of drug-likeness (QED) is 0.767. The van der Waals surface area contributed by atoms with E-state index < -0.39 is 0 Å². The summed E-state index contributed by atoms with van der Waals surface area (Å²) >= 11 is 0. The maximum absolute atomic E-state index is 3.79. The van der Waals surface area contributed by atoms with Crippen LogP contribution in [0.1, 0.15) is 53.4 Å². The predicted octanol–water partition coefficient (Wildman–Crippen LogP) is 3.13. The van der Waals surface area contributed by atoms with Crippen molar-refractivity contribution in [2.75, 3.05) is 26.7 Å². The van der Waals surface area contributed by atoms with E-state index in [0.29, 0.717) is 5.54 Å². The zero-order chi connectivity index (χ0) is 12.9. The molecule has 1 unspecified atom stereocenters. The predicted molar refractivity (Wildman–Crippen MR) is 76.4 cm³/mol. The molecule has 1 saturated heterocycles. The number of rotatable bonds is 6. The highest BCUT2D eigenvalue weighted by Crippen LogP contribution is 2.27. The summed E-state index contributed by atoms with van der Waals surface area (Å²) in [5, 5.41) is 3.79. The van der Waals surface area contributed by atoms with Gasteiger partial charge in [0.2, 0.25) is 0 Å². The number of nitrogens with one attached hydrogen (secondary N) is 1. The summed E-state index contributed by atoms with van der Waals surface area (Å²) in [6, 6.07) is 0. The third kappa shape index (κ3) is 4.97. The van der Waals surface area contributed by atoms with Crippen LogP contribution < -0.4 is 5.32 Å². The van der Waals surface area contributed by atoms with Crippen molar-refractivity contribution in [2.24, 2.45) is 11.8 Å². The van der Waals surface area contributed by atoms with Crippen molar-refractivity contribution in [3.05, 3.63) is 0 Å². The zero-order valence-electron chi connectivity index (χ0n) is 12.6. The molecule has 0 bridgehead atoms. The second-order valence-electron chi connectivity index (χ2n) is 6.53. The average Bonchev–Trinajstić information content (AvgIpc) is 2.29. The number of likely N-dealkylation sites (tertiary alicyclic amines) is 1. The highest BCUT2D eigenvalue weighted by atomic mass is 15.1. The molecule has 2 nitrogen and oxygen atoms in total. The minimum atomic E-state index is 0.314. The fraction of sp³-hybridized carbons (Fsp3) is 1.00. The maximum atomic E-state index is 3.79. The molecule has 0 amide bonds. The molecule has 1 fully saturated rings.